The van der Waals surface area contributed by atoms with E-state index in [2.05, 4.69) is 10.00 Å². The third-order valence-corrected chi connectivity index (χ3v) is 4.92. The van der Waals surface area contributed by atoms with Crippen LogP contribution in [0.4, 0.5) is 24.7 Å². The van der Waals surface area contributed by atoms with E-state index >= 15 is 0 Å². The molecule has 2 heterocycles. The smallest absolute Gasteiger partial charge is 0.350 e. The van der Waals surface area contributed by atoms with E-state index in [1.165, 1.54) is 12.1 Å². The highest BCUT2D eigenvalue weighted by Gasteiger charge is 2.31. The lowest BCUT2D eigenvalue weighted by Crippen LogP contribution is -2.32. The summed E-state index contributed by atoms with van der Waals surface area (Å²) in [5.74, 6) is 0.499. The van der Waals surface area contributed by atoms with Crippen molar-refractivity contribution in [3.8, 4) is 0 Å². The molecule has 0 amide bonds. The molecule has 1 saturated heterocycles. The van der Waals surface area contributed by atoms with Gasteiger partial charge in [0.25, 0.3) is 0 Å². The van der Waals surface area contributed by atoms with Gasteiger partial charge in [0.15, 0.2) is 0 Å². The molecule has 28 heavy (non-hydrogen) atoms. The molecule has 0 spiro atoms. The number of rotatable bonds is 4. The van der Waals surface area contributed by atoms with E-state index in [-0.39, 0.29) is 5.69 Å². The maximum atomic E-state index is 12.7. The van der Waals surface area contributed by atoms with Crippen LogP contribution in [0.3, 0.4) is 0 Å². The zero-order valence-corrected chi connectivity index (χ0v) is 15.7. The largest absolute Gasteiger partial charge is 0.416 e. The highest BCUT2D eigenvalue weighted by Crippen LogP contribution is 2.32. The van der Waals surface area contributed by atoms with Gasteiger partial charge in [-0.15, -0.1) is 0 Å². The van der Waals surface area contributed by atoms with Crippen molar-refractivity contribution in [1.82, 2.24) is 14.7 Å². The number of anilines is 1. The summed E-state index contributed by atoms with van der Waals surface area (Å²) in [4.78, 5) is 15.1. The molecule has 0 unspecified atom stereocenters. The lowest BCUT2D eigenvalue weighted by Gasteiger charge is -2.23. The first kappa shape index (κ1) is 20.1. The number of nitrogens with zero attached hydrogens (tertiary/aromatic N) is 5. The first-order valence-corrected chi connectivity index (χ1v) is 8.98. The van der Waals surface area contributed by atoms with Gasteiger partial charge < -0.3 is 4.90 Å². The molecule has 0 aliphatic carbocycles. The highest BCUT2D eigenvalue weighted by atomic mass is 19.4. The van der Waals surface area contributed by atoms with Gasteiger partial charge in [0, 0.05) is 39.8 Å². The molecule has 3 rings (SSSR count). The van der Waals surface area contributed by atoms with Gasteiger partial charge in [-0.3, -0.25) is 15.0 Å². The van der Waals surface area contributed by atoms with Gasteiger partial charge in [-0.1, -0.05) is 12.1 Å². The third-order valence-electron chi connectivity index (χ3n) is 4.92. The van der Waals surface area contributed by atoms with Gasteiger partial charge in [0.05, 0.1) is 10.5 Å². The lowest BCUT2D eigenvalue weighted by atomic mass is 10.1. The van der Waals surface area contributed by atoms with E-state index in [9.17, 15) is 23.3 Å². The number of hydrogen-bond donors (Lipinski definition) is 0. The van der Waals surface area contributed by atoms with Crippen molar-refractivity contribution in [3.05, 3.63) is 51.2 Å². The average molecular weight is 397 g/mol. The Morgan fingerprint density at radius 3 is 2.43 bits per heavy atom. The van der Waals surface area contributed by atoms with Crippen LogP contribution in [0, 0.1) is 17.0 Å². The number of aromatic nitrogens is 2. The Morgan fingerprint density at radius 2 is 1.82 bits per heavy atom. The molecule has 1 aromatic heterocycles. The topological polar surface area (TPSA) is 67.4 Å². The molecule has 0 N–H and O–H groups in total. The average Bonchev–Trinajstić information content (AvgIpc) is 2.77. The Kier molecular flexibility index (Phi) is 5.59. The molecule has 7 nitrogen and oxygen atoms in total. The Labute approximate surface area is 160 Å². The second-order valence-electron chi connectivity index (χ2n) is 6.95. The molecule has 0 atom stereocenters. The maximum Gasteiger partial charge on any atom is 0.416 e. The van der Waals surface area contributed by atoms with E-state index < -0.39 is 16.7 Å². The van der Waals surface area contributed by atoms with Crippen molar-refractivity contribution in [2.75, 3.05) is 31.1 Å². The molecule has 0 bridgehead atoms. The Bertz CT molecular complexity index is 848. The normalized spacial score (nSPS) is 16.2. The van der Waals surface area contributed by atoms with Crippen molar-refractivity contribution >= 4 is 11.5 Å². The molecule has 1 fully saturated rings. The van der Waals surface area contributed by atoms with E-state index in [1.807, 2.05) is 4.90 Å². The summed E-state index contributed by atoms with van der Waals surface area (Å²) >= 11 is 0. The Hall–Kier alpha value is -2.62. The van der Waals surface area contributed by atoms with E-state index in [4.69, 9.17) is 0 Å². The van der Waals surface area contributed by atoms with Crippen molar-refractivity contribution in [2.24, 2.45) is 7.05 Å². The number of alkyl halides is 3. The van der Waals surface area contributed by atoms with Crippen LogP contribution >= 0.6 is 0 Å². The Morgan fingerprint density at radius 1 is 1.14 bits per heavy atom. The molecule has 1 aromatic carbocycles. The molecule has 0 radical (unpaired) electrons. The van der Waals surface area contributed by atoms with Crippen LogP contribution in [0.5, 0.6) is 0 Å². The van der Waals surface area contributed by atoms with Crippen LogP contribution in [-0.4, -0.2) is 45.8 Å². The molecule has 1 aliphatic rings. The van der Waals surface area contributed by atoms with Gasteiger partial charge in [-0.2, -0.15) is 18.3 Å². The molecule has 2 aromatic rings. The fourth-order valence-corrected chi connectivity index (χ4v) is 3.60. The highest BCUT2D eigenvalue weighted by molar-refractivity contribution is 5.61. The van der Waals surface area contributed by atoms with Crippen molar-refractivity contribution in [2.45, 2.75) is 26.1 Å². The SMILES string of the molecule is Cc1nn(C)c(N2CCCN(Cc3ccc(C(F)(F)F)cc3)CC2)c1[N+](=O)[O-]. The summed E-state index contributed by atoms with van der Waals surface area (Å²) in [6.45, 7) is 4.82. The summed E-state index contributed by atoms with van der Waals surface area (Å²) < 4.78 is 39.6. The van der Waals surface area contributed by atoms with Crippen molar-refractivity contribution in [3.63, 3.8) is 0 Å². The number of aryl methyl sites for hydroxylation is 2. The van der Waals surface area contributed by atoms with Gasteiger partial charge in [-0.25, -0.2) is 4.68 Å². The summed E-state index contributed by atoms with van der Waals surface area (Å²) in [6.07, 6.45) is -3.54. The zero-order valence-electron chi connectivity index (χ0n) is 15.7. The number of benzene rings is 1. The van der Waals surface area contributed by atoms with Gasteiger partial charge in [0.1, 0.15) is 5.69 Å². The second kappa shape index (κ2) is 7.78. The summed E-state index contributed by atoms with van der Waals surface area (Å²) in [7, 11) is 1.69. The minimum absolute atomic E-state index is 0.0266. The maximum absolute atomic E-state index is 12.7. The summed E-state index contributed by atoms with van der Waals surface area (Å²) in [6, 6.07) is 5.20. The van der Waals surface area contributed by atoms with Crippen molar-refractivity contribution in [1.29, 1.82) is 0 Å². The third kappa shape index (κ3) is 4.27. The van der Waals surface area contributed by atoms with Crippen molar-refractivity contribution < 1.29 is 18.1 Å². The van der Waals surface area contributed by atoms with Gasteiger partial charge >= 0.3 is 11.9 Å². The monoisotopic (exact) mass is 397 g/mol. The van der Waals surface area contributed by atoms with Crippen LogP contribution in [0.15, 0.2) is 24.3 Å². The molecule has 1 aliphatic heterocycles. The fourth-order valence-electron chi connectivity index (χ4n) is 3.60. The minimum atomic E-state index is -4.34. The van der Waals surface area contributed by atoms with Crippen LogP contribution < -0.4 is 4.90 Å². The van der Waals surface area contributed by atoms with E-state index in [0.29, 0.717) is 37.7 Å². The van der Waals surface area contributed by atoms with E-state index in [0.717, 1.165) is 30.7 Å². The lowest BCUT2D eigenvalue weighted by molar-refractivity contribution is -0.384. The molecule has 152 valence electrons. The molecular formula is C18H22F3N5O2. The van der Waals surface area contributed by atoms with Crippen LogP contribution in [0.1, 0.15) is 23.2 Å². The number of nitro groups is 1. The Balaban J connectivity index is 1.68. The van der Waals surface area contributed by atoms with E-state index in [1.54, 1.807) is 18.7 Å². The quantitative estimate of drug-likeness (QED) is 0.585. The predicted octanol–water partition coefficient (Wildman–Crippen LogP) is 3.37. The molecule has 0 saturated carbocycles. The standard InChI is InChI=1S/C18H22F3N5O2/c1-13-16(26(27)28)17(23(2)22-13)25-9-3-8-24(10-11-25)12-14-4-6-15(7-5-14)18(19,20)21/h4-7H,3,8-12H2,1-2H3. The van der Waals surface area contributed by atoms with Crippen LogP contribution in [0.25, 0.3) is 0 Å². The summed E-state index contributed by atoms with van der Waals surface area (Å²) in [5.41, 5.74) is 0.563. The second-order valence-corrected chi connectivity index (χ2v) is 6.95. The first-order chi connectivity index (χ1) is 13.2. The number of hydrogen-bond acceptors (Lipinski definition) is 5. The van der Waals surface area contributed by atoms with Gasteiger partial charge in [-0.05, 0) is 31.0 Å². The fraction of sp³-hybridized carbons (Fsp3) is 0.500. The van der Waals surface area contributed by atoms with Crippen LogP contribution in [0.2, 0.25) is 0 Å². The summed E-state index contributed by atoms with van der Waals surface area (Å²) in [5, 5.41) is 15.6. The minimum Gasteiger partial charge on any atom is -0.350 e. The van der Waals surface area contributed by atoms with Gasteiger partial charge in [0.2, 0.25) is 5.82 Å². The van der Waals surface area contributed by atoms with Crippen LogP contribution in [-0.2, 0) is 19.8 Å². The zero-order chi connectivity index (χ0) is 20.5. The predicted molar refractivity (Wildman–Crippen MR) is 98.2 cm³/mol. The molecule has 10 heteroatoms. The first-order valence-electron chi connectivity index (χ1n) is 8.98. The molecular weight excluding hydrogens is 375 g/mol. The number of halogens is 3.